The number of rotatable bonds is 2. The van der Waals surface area contributed by atoms with Gasteiger partial charge in [0, 0.05) is 18.2 Å². The number of hydrogen-bond donors (Lipinski definition) is 0. The van der Waals surface area contributed by atoms with Gasteiger partial charge in [-0.15, -0.1) is 5.10 Å². The molecule has 0 N–H and O–H groups in total. The van der Waals surface area contributed by atoms with Crippen LogP contribution in [0.2, 0.25) is 0 Å². The molecule has 0 aliphatic carbocycles. The second-order valence-electron chi connectivity index (χ2n) is 3.07. The van der Waals surface area contributed by atoms with Crippen molar-refractivity contribution in [2.24, 2.45) is 0 Å². The topological polar surface area (TPSA) is 58.8 Å². The van der Waals surface area contributed by atoms with E-state index in [4.69, 9.17) is 10.00 Å². The van der Waals surface area contributed by atoms with Crippen molar-refractivity contribution in [2.45, 2.75) is 0 Å². The van der Waals surface area contributed by atoms with Crippen LogP contribution in [-0.4, -0.2) is 10.2 Å². The van der Waals surface area contributed by atoms with Crippen LogP contribution in [0.15, 0.2) is 30.5 Å². The summed E-state index contributed by atoms with van der Waals surface area (Å²) in [6.07, 6.45) is 1.32. The predicted molar refractivity (Wildman–Crippen MR) is 53.2 cm³/mol. The van der Waals surface area contributed by atoms with E-state index in [1.54, 1.807) is 0 Å². The number of benzene rings is 1. The van der Waals surface area contributed by atoms with Gasteiger partial charge in [0.25, 0.3) is 5.88 Å². The van der Waals surface area contributed by atoms with Crippen LogP contribution in [0.5, 0.6) is 11.6 Å². The third-order valence-electron chi connectivity index (χ3n) is 1.86. The molecule has 0 aliphatic heterocycles. The van der Waals surface area contributed by atoms with E-state index in [1.165, 1.54) is 12.3 Å². The number of nitrogens with zero attached hydrogens (tertiary/aromatic N) is 3. The van der Waals surface area contributed by atoms with E-state index < -0.39 is 11.6 Å². The summed E-state index contributed by atoms with van der Waals surface area (Å²) >= 11 is 0. The van der Waals surface area contributed by atoms with E-state index in [0.717, 1.165) is 18.2 Å². The van der Waals surface area contributed by atoms with E-state index in [1.807, 2.05) is 6.07 Å². The highest BCUT2D eigenvalue weighted by atomic mass is 19.1. The van der Waals surface area contributed by atoms with Crippen LogP contribution in [0.1, 0.15) is 5.56 Å². The van der Waals surface area contributed by atoms with Gasteiger partial charge in [-0.1, -0.05) is 0 Å². The normalized spacial score (nSPS) is 9.71. The third kappa shape index (κ3) is 2.52. The predicted octanol–water partition coefficient (Wildman–Crippen LogP) is 2.42. The summed E-state index contributed by atoms with van der Waals surface area (Å²) in [7, 11) is 0. The van der Waals surface area contributed by atoms with E-state index >= 15 is 0 Å². The molecule has 84 valence electrons. The number of nitriles is 1. The SMILES string of the molecule is N#Cc1ccnnc1Oc1cc(F)cc(F)c1. The third-order valence-corrected chi connectivity index (χ3v) is 1.86. The van der Waals surface area contributed by atoms with Gasteiger partial charge in [0.1, 0.15) is 29.0 Å². The molecule has 0 spiro atoms. The van der Waals surface area contributed by atoms with E-state index in [2.05, 4.69) is 10.2 Å². The van der Waals surface area contributed by atoms with Crippen molar-refractivity contribution >= 4 is 0 Å². The van der Waals surface area contributed by atoms with Gasteiger partial charge in [0.2, 0.25) is 0 Å². The average molecular weight is 233 g/mol. The highest BCUT2D eigenvalue weighted by Gasteiger charge is 2.08. The van der Waals surface area contributed by atoms with Gasteiger partial charge in [-0.2, -0.15) is 10.4 Å². The molecule has 0 unspecified atom stereocenters. The van der Waals surface area contributed by atoms with Crippen LogP contribution in [0, 0.1) is 23.0 Å². The summed E-state index contributed by atoms with van der Waals surface area (Å²) in [5.41, 5.74) is 0.129. The quantitative estimate of drug-likeness (QED) is 0.799. The van der Waals surface area contributed by atoms with Crippen LogP contribution < -0.4 is 4.74 Å². The van der Waals surface area contributed by atoms with Crippen molar-refractivity contribution in [1.29, 1.82) is 5.26 Å². The highest BCUT2D eigenvalue weighted by Crippen LogP contribution is 2.23. The summed E-state index contributed by atoms with van der Waals surface area (Å²) in [6, 6.07) is 5.90. The lowest BCUT2D eigenvalue weighted by Crippen LogP contribution is -1.94. The highest BCUT2D eigenvalue weighted by molar-refractivity contribution is 5.39. The lowest BCUT2D eigenvalue weighted by Gasteiger charge is -2.05. The smallest absolute Gasteiger partial charge is 0.256 e. The Bertz CT molecular complexity index is 575. The van der Waals surface area contributed by atoms with Crippen LogP contribution in [0.25, 0.3) is 0 Å². The average Bonchev–Trinajstić information content (AvgIpc) is 2.28. The van der Waals surface area contributed by atoms with Gasteiger partial charge in [-0.05, 0) is 6.07 Å². The van der Waals surface area contributed by atoms with E-state index in [0.29, 0.717) is 0 Å². The Hall–Kier alpha value is -2.55. The number of halogens is 2. The maximum atomic E-state index is 12.9. The summed E-state index contributed by atoms with van der Waals surface area (Å²) in [5, 5.41) is 15.8. The fraction of sp³-hybridized carbons (Fsp3) is 0. The fourth-order valence-corrected chi connectivity index (χ4v) is 1.18. The molecule has 1 heterocycles. The zero-order valence-corrected chi connectivity index (χ0v) is 8.39. The Morgan fingerprint density at radius 2 is 1.88 bits per heavy atom. The van der Waals surface area contributed by atoms with Crippen molar-refractivity contribution in [3.05, 3.63) is 47.7 Å². The van der Waals surface area contributed by atoms with Gasteiger partial charge in [-0.3, -0.25) is 0 Å². The maximum absolute atomic E-state index is 12.9. The van der Waals surface area contributed by atoms with Crippen molar-refractivity contribution in [2.75, 3.05) is 0 Å². The van der Waals surface area contributed by atoms with Crippen LogP contribution in [0.4, 0.5) is 8.78 Å². The second kappa shape index (κ2) is 4.53. The minimum atomic E-state index is -0.776. The molecule has 0 amide bonds. The molecule has 0 bridgehead atoms. The summed E-state index contributed by atoms with van der Waals surface area (Å²) in [4.78, 5) is 0. The molecule has 2 rings (SSSR count). The molecule has 0 radical (unpaired) electrons. The monoisotopic (exact) mass is 233 g/mol. The molecule has 0 atom stereocenters. The molecule has 0 fully saturated rings. The van der Waals surface area contributed by atoms with Gasteiger partial charge >= 0.3 is 0 Å². The summed E-state index contributed by atoms with van der Waals surface area (Å²) < 4.78 is 30.9. The van der Waals surface area contributed by atoms with Gasteiger partial charge in [0.05, 0.1) is 6.20 Å². The van der Waals surface area contributed by atoms with Gasteiger partial charge in [-0.25, -0.2) is 8.78 Å². The molecular weight excluding hydrogens is 228 g/mol. The zero-order chi connectivity index (χ0) is 12.3. The molecule has 1 aromatic heterocycles. The largest absolute Gasteiger partial charge is 0.436 e. The Morgan fingerprint density at radius 3 is 2.53 bits per heavy atom. The fourth-order valence-electron chi connectivity index (χ4n) is 1.18. The Morgan fingerprint density at radius 1 is 1.18 bits per heavy atom. The summed E-state index contributed by atoms with van der Waals surface area (Å²) in [5.74, 6) is -1.73. The number of hydrogen-bond acceptors (Lipinski definition) is 4. The molecule has 2 aromatic rings. The van der Waals surface area contributed by atoms with Crippen LogP contribution in [0.3, 0.4) is 0 Å². The molecule has 0 aliphatic rings. The summed E-state index contributed by atoms with van der Waals surface area (Å²) in [6.45, 7) is 0. The van der Waals surface area contributed by atoms with E-state index in [-0.39, 0.29) is 17.2 Å². The Labute approximate surface area is 95.1 Å². The Kier molecular flexibility index (Phi) is 2.92. The standard InChI is InChI=1S/C11H5F2N3O/c12-8-3-9(13)5-10(4-8)17-11-7(6-14)1-2-15-16-11/h1-5H. The molecule has 17 heavy (non-hydrogen) atoms. The van der Waals surface area contributed by atoms with Crippen molar-refractivity contribution in [3.63, 3.8) is 0 Å². The van der Waals surface area contributed by atoms with Gasteiger partial charge in [0.15, 0.2) is 0 Å². The first kappa shape index (κ1) is 11.0. The molecule has 6 heteroatoms. The number of aromatic nitrogens is 2. The second-order valence-corrected chi connectivity index (χ2v) is 3.07. The van der Waals surface area contributed by atoms with Crippen molar-refractivity contribution < 1.29 is 13.5 Å². The maximum Gasteiger partial charge on any atom is 0.256 e. The first-order valence-corrected chi connectivity index (χ1v) is 4.55. The minimum absolute atomic E-state index is 0.0838. The molecule has 0 saturated carbocycles. The lowest BCUT2D eigenvalue weighted by molar-refractivity contribution is 0.443. The van der Waals surface area contributed by atoms with Crippen LogP contribution >= 0.6 is 0 Å². The molecule has 4 nitrogen and oxygen atoms in total. The molecule has 1 aromatic carbocycles. The first-order valence-electron chi connectivity index (χ1n) is 4.55. The first-order chi connectivity index (χ1) is 8.19. The Balaban J connectivity index is 2.35. The molecule has 0 saturated heterocycles. The lowest BCUT2D eigenvalue weighted by atomic mass is 10.3. The minimum Gasteiger partial charge on any atom is -0.436 e. The van der Waals surface area contributed by atoms with Crippen LogP contribution in [-0.2, 0) is 0 Å². The molecular formula is C11H5F2N3O. The van der Waals surface area contributed by atoms with E-state index in [9.17, 15) is 8.78 Å². The van der Waals surface area contributed by atoms with Crippen molar-refractivity contribution in [3.8, 4) is 17.7 Å². The number of ether oxygens (including phenoxy) is 1. The van der Waals surface area contributed by atoms with Crippen molar-refractivity contribution in [1.82, 2.24) is 10.2 Å². The van der Waals surface area contributed by atoms with Gasteiger partial charge < -0.3 is 4.74 Å². The zero-order valence-electron chi connectivity index (χ0n) is 8.39.